The number of benzene rings is 1. The molecule has 36 heavy (non-hydrogen) atoms. The van der Waals surface area contributed by atoms with Crippen LogP contribution in [0.15, 0.2) is 42.9 Å². The molecule has 0 spiro atoms. The van der Waals surface area contributed by atoms with Crippen molar-refractivity contribution in [2.75, 3.05) is 13.1 Å². The number of fused-ring (bicyclic) bond motifs is 2. The molecule has 7 nitrogen and oxygen atoms in total. The van der Waals surface area contributed by atoms with Crippen LogP contribution in [0.25, 0.3) is 27.6 Å². The number of aryl methyl sites for hydroxylation is 2. The minimum Gasteiger partial charge on any atom is -0.348 e. The molecule has 5 heterocycles. The molecule has 0 aliphatic carbocycles. The van der Waals surface area contributed by atoms with E-state index in [1.54, 1.807) is 17.2 Å². The maximum atomic E-state index is 16.0. The maximum absolute atomic E-state index is 16.0. The molecule has 0 saturated heterocycles. The van der Waals surface area contributed by atoms with Gasteiger partial charge in [-0.1, -0.05) is 13.0 Å². The zero-order valence-electron chi connectivity index (χ0n) is 20.6. The molecule has 0 fully saturated rings. The summed E-state index contributed by atoms with van der Waals surface area (Å²) in [5, 5.41) is 8.43. The van der Waals surface area contributed by atoms with Gasteiger partial charge in [0.2, 0.25) is 0 Å². The first-order valence-corrected chi connectivity index (χ1v) is 12.6. The van der Waals surface area contributed by atoms with Crippen LogP contribution in [-0.4, -0.2) is 43.6 Å². The van der Waals surface area contributed by atoms with E-state index in [9.17, 15) is 4.79 Å². The number of carbonyl (C=O) groups excluding carboxylic acids is 1. The summed E-state index contributed by atoms with van der Waals surface area (Å²) >= 11 is 0. The first kappa shape index (κ1) is 22.7. The number of hydrogen-bond donors (Lipinski definition) is 2. The van der Waals surface area contributed by atoms with E-state index in [0.717, 1.165) is 59.5 Å². The normalized spacial score (nSPS) is 15.4. The summed E-state index contributed by atoms with van der Waals surface area (Å²) in [5.41, 5.74) is 7.36. The Morgan fingerprint density at radius 1 is 1.14 bits per heavy atom. The Balaban J connectivity index is 1.48. The Kier molecular flexibility index (Phi) is 5.68. The third kappa shape index (κ3) is 3.64. The van der Waals surface area contributed by atoms with Gasteiger partial charge in [0.1, 0.15) is 5.69 Å². The van der Waals surface area contributed by atoms with Crippen LogP contribution in [0.4, 0.5) is 4.39 Å². The van der Waals surface area contributed by atoms with Crippen molar-refractivity contribution in [2.45, 2.75) is 46.3 Å². The lowest BCUT2D eigenvalue weighted by atomic mass is 9.92. The highest BCUT2D eigenvalue weighted by atomic mass is 19.1. The molecule has 1 amide bonds. The second-order valence-electron chi connectivity index (χ2n) is 9.43. The van der Waals surface area contributed by atoms with Crippen LogP contribution >= 0.6 is 0 Å². The maximum Gasteiger partial charge on any atom is 0.270 e. The highest BCUT2D eigenvalue weighted by Crippen LogP contribution is 2.38. The smallest absolute Gasteiger partial charge is 0.270 e. The molecular weight excluding hydrogens is 455 g/mol. The number of halogens is 1. The largest absolute Gasteiger partial charge is 0.348 e. The number of amides is 1. The van der Waals surface area contributed by atoms with Gasteiger partial charge in [0.15, 0.2) is 5.82 Å². The number of hydrogen-bond acceptors (Lipinski definition) is 4. The van der Waals surface area contributed by atoms with Crippen LogP contribution in [-0.2, 0) is 26.1 Å². The summed E-state index contributed by atoms with van der Waals surface area (Å²) < 4.78 is 17.9. The lowest BCUT2D eigenvalue weighted by Gasteiger charge is -2.18. The van der Waals surface area contributed by atoms with Crippen molar-refractivity contribution < 1.29 is 9.18 Å². The molecule has 2 aliphatic rings. The molecule has 0 unspecified atom stereocenters. The van der Waals surface area contributed by atoms with Crippen LogP contribution in [0.3, 0.4) is 0 Å². The number of aromatic amines is 1. The zero-order valence-corrected chi connectivity index (χ0v) is 20.6. The fraction of sp³-hybridized carbons (Fsp3) is 0.321. The molecule has 6 rings (SSSR count). The van der Waals surface area contributed by atoms with Gasteiger partial charge in [-0.3, -0.25) is 14.5 Å². The van der Waals surface area contributed by atoms with Gasteiger partial charge in [0.25, 0.3) is 5.91 Å². The Labute approximate surface area is 209 Å². The monoisotopic (exact) mass is 484 g/mol. The average Bonchev–Trinajstić information content (AvgIpc) is 3.64. The fourth-order valence-corrected chi connectivity index (χ4v) is 5.45. The number of aromatic nitrogens is 4. The Bertz CT molecular complexity index is 1510. The third-order valence-corrected chi connectivity index (χ3v) is 7.36. The highest BCUT2D eigenvalue weighted by Gasteiger charge is 2.29. The average molecular weight is 485 g/mol. The van der Waals surface area contributed by atoms with Gasteiger partial charge >= 0.3 is 0 Å². The molecule has 0 atom stereocenters. The van der Waals surface area contributed by atoms with Gasteiger partial charge in [-0.05, 0) is 61.2 Å². The molecule has 0 saturated carbocycles. The predicted molar refractivity (Wildman–Crippen MR) is 138 cm³/mol. The van der Waals surface area contributed by atoms with E-state index in [0.29, 0.717) is 41.8 Å². The van der Waals surface area contributed by atoms with Gasteiger partial charge in [-0.25, -0.2) is 4.39 Å². The first-order chi connectivity index (χ1) is 17.6. The summed E-state index contributed by atoms with van der Waals surface area (Å²) in [6.45, 7) is 7.40. The molecule has 8 heteroatoms. The van der Waals surface area contributed by atoms with Crippen LogP contribution in [0.1, 0.15) is 53.1 Å². The van der Waals surface area contributed by atoms with E-state index in [2.05, 4.69) is 33.4 Å². The van der Waals surface area contributed by atoms with E-state index in [1.165, 1.54) is 0 Å². The summed E-state index contributed by atoms with van der Waals surface area (Å²) in [5.74, 6) is -0.464. The minimum atomic E-state index is -0.323. The van der Waals surface area contributed by atoms with Gasteiger partial charge in [0.05, 0.1) is 24.0 Å². The molecule has 2 aliphatic heterocycles. The highest BCUT2D eigenvalue weighted by molar-refractivity contribution is 6.05. The second kappa shape index (κ2) is 9.02. The number of nitrogens with zero attached hydrogens (tertiary/aromatic N) is 4. The van der Waals surface area contributed by atoms with Gasteiger partial charge in [-0.15, -0.1) is 0 Å². The van der Waals surface area contributed by atoms with Crippen LogP contribution < -0.4 is 5.32 Å². The van der Waals surface area contributed by atoms with Crippen molar-refractivity contribution in [3.05, 3.63) is 76.8 Å². The Hall–Kier alpha value is -3.78. The summed E-state index contributed by atoms with van der Waals surface area (Å²) in [4.78, 5) is 22.9. The molecule has 3 aromatic heterocycles. The predicted octanol–water partition coefficient (Wildman–Crippen LogP) is 4.68. The minimum absolute atomic E-state index is 0.141. The lowest BCUT2D eigenvalue weighted by Crippen LogP contribution is -2.26. The van der Waals surface area contributed by atoms with Crippen molar-refractivity contribution in [3.8, 4) is 11.1 Å². The van der Waals surface area contributed by atoms with Crippen molar-refractivity contribution in [3.63, 3.8) is 0 Å². The molecule has 0 bridgehead atoms. The molecule has 1 aromatic carbocycles. The number of nitrogens with one attached hydrogen (secondary N) is 2. The Morgan fingerprint density at radius 3 is 2.81 bits per heavy atom. The Morgan fingerprint density at radius 2 is 2.03 bits per heavy atom. The van der Waals surface area contributed by atoms with E-state index in [1.807, 2.05) is 36.1 Å². The summed E-state index contributed by atoms with van der Waals surface area (Å²) in [6.07, 6.45) is 9.24. The molecule has 4 aromatic rings. The number of H-pyrrole nitrogens is 1. The lowest BCUT2D eigenvalue weighted by molar-refractivity contribution is 0.0743. The van der Waals surface area contributed by atoms with Crippen LogP contribution in [0, 0.1) is 5.82 Å². The first-order valence-electron chi connectivity index (χ1n) is 12.6. The number of pyridine rings is 1. The van der Waals surface area contributed by atoms with Gasteiger partial charge in [-0.2, -0.15) is 5.10 Å². The van der Waals surface area contributed by atoms with Gasteiger partial charge in [0, 0.05) is 54.1 Å². The standard InChI is InChI=1S/C28H29FN6O/c1-3-17-7-9-31-14-23(17)21-10-20(18-6-5-8-30-12-18)26(29)27-22(21)11-24(33-27)28(36)34-15-19-13-32-35(4-2)25(19)16-34/h6-7,9-11,13-14,30,33H,3-5,8,12,15-16H2,1-2H3. The van der Waals surface area contributed by atoms with E-state index in [-0.39, 0.29) is 11.7 Å². The van der Waals surface area contributed by atoms with Gasteiger partial charge < -0.3 is 15.2 Å². The summed E-state index contributed by atoms with van der Waals surface area (Å²) in [6, 6.07) is 5.73. The van der Waals surface area contributed by atoms with Crippen molar-refractivity contribution >= 4 is 22.4 Å². The summed E-state index contributed by atoms with van der Waals surface area (Å²) in [7, 11) is 0. The van der Waals surface area contributed by atoms with E-state index < -0.39 is 0 Å². The topological polar surface area (TPSA) is 78.8 Å². The number of carbonyl (C=O) groups is 1. The molecular formula is C28H29FN6O. The number of rotatable bonds is 5. The molecule has 2 N–H and O–H groups in total. The SMILES string of the molecule is CCc1ccncc1-c1cc(C2=CCCNC2)c(F)c2[nH]c(C(=O)N3Cc4cnn(CC)c4C3)cc12. The van der Waals surface area contributed by atoms with Crippen molar-refractivity contribution in [2.24, 2.45) is 0 Å². The zero-order chi connectivity index (χ0) is 24.8. The molecule has 184 valence electrons. The van der Waals surface area contributed by atoms with E-state index >= 15 is 4.39 Å². The van der Waals surface area contributed by atoms with Crippen LogP contribution in [0.5, 0.6) is 0 Å². The van der Waals surface area contributed by atoms with Crippen molar-refractivity contribution in [1.82, 2.24) is 30.0 Å². The quantitative estimate of drug-likeness (QED) is 0.431. The molecule has 0 radical (unpaired) electrons. The van der Waals surface area contributed by atoms with Crippen molar-refractivity contribution in [1.29, 1.82) is 0 Å². The second-order valence-corrected chi connectivity index (χ2v) is 9.43. The van der Waals surface area contributed by atoms with Crippen LogP contribution in [0.2, 0.25) is 0 Å². The third-order valence-electron chi connectivity index (χ3n) is 7.36. The fourth-order valence-electron chi connectivity index (χ4n) is 5.45. The van der Waals surface area contributed by atoms with E-state index in [4.69, 9.17) is 0 Å².